The van der Waals surface area contributed by atoms with Gasteiger partial charge in [-0.2, -0.15) is 26.3 Å². The topological polar surface area (TPSA) is 109 Å². The highest BCUT2D eigenvalue weighted by atomic mass is 19.4. The Hall–Kier alpha value is -2.45. The lowest BCUT2D eigenvalue weighted by molar-refractivity contribution is -0.193. The Bertz CT molecular complexity index is 842. The Morgan fingerprint density at radius 2 is 1.68 bits per heavy atom. The summed E-state index contributed by atoms with van der Waals surface area (Å²) in [6.07, 6.45) is -0.190. The number of carboxylic acid groups (broad SMARTS) is 2. The van der Waals surface area contributed by atoms with Crippen molar-refractivity contribution in [3.05, 3.63) is 30.1 Å². The molecule has 0 bridgehead atoms. The van der Waals surface area contributed by atoms with Gasteiger partial charge in [0.15, 0.2) is 0 Å². The lowest BCUT2D eigenvalue weighted by Crippen LogP contribution is -2.59. The number of piperidine rings is 1. The fourth-order valence-electron chi connectivity index (χ4n) is 4.44. The van der Waals surface area contributed by atoms with E-state index in [4.69, 9.17) is 29.3 Å². The third-order valence-electron chi connectivity index (χ3n) is 6.46. The number of alkyl halides is 6. The normalized spacial score (nSPS) is 24.3. The largest absolute Gasteiger partial charge is 0.490 e. The molecule has 3 aliphatic rings. The van der Waals surface area contributed by atoms with Crippen molar-refractivity contribution in [2.45, 2.75) is 69.6 Å². The summed E-state index contributed by atoms with van der Waals surface area (Å²) in [6, 6.07) is 6.83. The summed E-state index contributed by atoms with van der Waals surface area (Å²) in [7, 11) is 0. The highest BCUT2D eigenvalue weighted by Gasteiger charge is 2.47. The predicted molar refractivity (Wildman–Crippen MR) is 117 cm³/mol. The molecule has 210 valence electrons. The minimum atomic E-state index is -5.08. The van der Waals surface area contributed by atoms with E-state index in [1.165, 1.54) is 45.1 Å². The number of pyridine rings is 1. The van der Waals surface area contributed by atoms with Crippen LogP contribution in [0.4, 0.5) is 26.3 Å². The van der Waals surface area contributed by atoms with Crippen molar-refractivity contribution in [3.63, 3.8) is 0 Å². The van der Waals surface area contributed by atoms with Gasteiger partial charge in [-0.3, -0.25) is 9.88 Å². The number of hydrogen-bond acceptors (Lipinski definition) is 6. The van der Waals surface area contributed by atoms with E-state index >= 15 is 0 Å². The van der Waals surface area contributed by atoms with Gasteiger partial charge in [0.1, 0.15) is 0 Å². The first-order valence-corrected chi connectivity index (χ1v) is 11.7. The summed E-state index contributed by atoms with van der Waals surface area (Å²) in [6.45, 7) is 4.70. The molecule has 0 aromatic carbocycles. The van der Waals surface area contributed by atoms with E-state index in [0.29, 0.717) is 12.7 Å². The Morgan fingerprint density at radius 3 is 2.16 bits per heavy atom. The van der Waals surface area contributed by atoms with Crippen molar-refractivity contribution >= 4 is 11.9 Å². The molecule has 37 heavy (non-hydrogen) atoms. The zero-order chi connectivity index (χ0) is 27.7. The molecule has 4 rings (SSSR count). The fourth-order valence-corrected chi connectivity index (χ4v) is 4.44. The van der Waals surface area contributed by atoms with Gasteiger partial charge in [0, 0.05) is 37.4 Å². The molecule has 8 nitrogen and oxygen atoms in total. The van der Waals surface area contributed by atoms with Crippen LogP contribution in [0.1, 0.15) is 44.2 Å². The molecule has 1 aliphatic carbocycles. The third-order valence-corrected chi connectivity index (χ3v) is 6.46. The van der Waals surface area contributed by atoms with Gasteiger partial charge < -0.3 is 19.7 Å². The highest BCUT2D eigenvalue weighted by Crippen LogP contribution is 2.42. The Balaban J connectivity index is 0.000000286. The maximum absolute atomic E-state index is 10.6. The first kappa shape index (κ1) is 30.8. The fraction of sp³-hybridized carbons (Fsp3) is 0.696. The van der Waals surface area contributed by atoms with E-state index in [-0.39, 0.29) is 5.41 Å². The van der Waals surface area contributed by atoms with Crippen LogP contribution in [0, 0.1) is 5.41 Å². The van der Waals surface area contributed by atoms with Gasteiger partial charge in [-0.25, -0.2) is 9.59 Å². The average Bonchev–Trinajstić information content (AvgIpc) is 2.78. The number of ether oxygens (including phenoxy) is 2. The van der Waals surface area contributed by atoms with Gasteiger partial charge >= 0.3 is 24.3 Å². The number of hydrogen-bond donors (Lipinski definition) is 2. The van der Waals surface area contributed by atoms with E-state index in [9.17, 15) is 26.3 Å². The van der Waals surface area contributed by atoms with Crippen LogP contribution in [0.5, 0.6) is 0 Å². The summed E-state index contributed by atoms with van der Waals surface area (Å²) >= 11 is 0. The molecule has 2 aliphatic heterocycles. The van der Waals surface area contributed by atoms with Crippen LogP contribution in [-0.4, -0.2) is 82.8 Å². The molecule has 2 N–H and O–H groups in total. The third kappa shape index (κ3) is 9.74. The van der Waals surface area contributed by atoms with Crippen molar-refractivity contribution in [3.8, 4) is 0 Å². The number of likely N-dealkylation sites (tertiary alicyclic amines) is 1. The van der Waals surface area contributed by atoms with E-state index < -0.39 is 24.3 Å². The summed E-state index contributed by atoms with van der Waals surface area (Å²) in [4.78, 5) is 24.9. The number of halogens is 6. The summed E-state index contributed by atoms with van der Waals surface area (Å²) in [5, 5.41) is 14.2. The summed E-state index contributed by atoms with van der Waals surface area (Å²) in [5.41, 5.74) is 1.21. The smallest absolute Gasteiger partial charge is 0.475 e. The van der Waals surface area contributed by atoms with Gasteiger partial charge in [-0.1, -0.05) is 12.5 Å². The Morgan fingerprint density at radius 1 is 1.05 bits per heavy atom. The Kier molecular flexibility index (Phi) is 11.1. The van der Waals surface area contributed by atoms with Crippen LogP contribution in [0.15, 0.2) is 24.4 Å². The monoisotopic (exact) mass is 544 g/mol. The quantitative estimate of drug-likeness (QED) is 0.529. The van der Waals surface area contributed by atoms with Crippen LogP contribution in [0.3, 0.4) is 0 Å². The molecule has 0 radical (unpaired) electrons. The number of carboxylic acids is 2. The standard InChI is InChI=1S/C19H28N2O2.2C2HF3O2/c1-2-10-20-16(5-1)13-22-15-19-9-4-12-23-18(19)8-11-21(14-19)17-6-3-7-17;2*3-2(4,5)1(6)7/h1-2,5,10,17-18H,3-4,6-9,11-15H2;2*(H,6,7). The van der Waals surface area contributed by atoms with Crippen LogP contribution in [0.2, 0.25) is 0 Å². The second-order valence-electron chi connectivity index (χ2n) is 9.09. The second kappa shape index (κ2) is 13.4. The highest BCUT2D eigenvalue weighted by molar-refractivity contribution is 5.73. The molecular weight excluding hydrogens is 514 g/mol. The van der Waals surface area contributed by atoms with Gasteiger partial charge in [0.2, 0.25) is 0 Å². The maximum atomic E-state index is 10.6. The number of rotatable bonds is 5. The van der Waals surface area contributed by atoms with Gasteiger partial charge in [0.25, 0.3) is 0 Å². The molecule has 0 amide bonds. The van der Waals surface area contributed by atoms with Crippen molar-refractivity contribution in [1.82, 2.24) is 9.88 Å². The molecule has 3 fully saturated rings. The van der Waals surface area contributed by atoms with Crippen LogP contribution < -0.4 is 0 Å². The summed E-state index contributed by atoms with van der Waals surface area (Å²) in [5.74, 6) is -5.51. The SMILES string of the molecule is O=C(O)C(F)(F)F.O=C(O)C(F)(F)F.c1ccc(COCC23CCCOC2CCN(C2CCC2)C3)nc1. The van der Waals surface area contributed by atoms with Crippen LogP contribution in [-0.2, 0) is 25.7 Å². The van der Waals surface area contributed by atoms with E-state index in [0.717, 1.165) is 31.5 Å². The zero-order valence-electron chi connectivity index (χ0n) is 19.9. The molecule has 2 unspecified atom stereocenters. The number of nitrogens with zero attached hydrogens (tertiary/aromatic N) is 2. The first-order valence-electron chi connectivity index (χ1n) is 11.7. The van der Waals surface area contributed by atoms with E-state index in [1.807, 2.05) is 24.4 Å². The lowest BCUT2D eigenvalue weighted by Gasteiger charge is -2.53. The molecule has 1 saturated carbocycles. The minimum Gasteiger partial charge on any atom is -0.475 e. The molecule has 2 saturated heterocycles. The first-order chi connectivity index (χ1) is 17.2. The van der Waals surface area contributed by atoms with E-state index in [2.05, 4.69) is 9.88 Å². The number of carbonyl (C=O) groups is 2. The van der Waals surface area contributed by atoms with Crippen LogP contribution >= 0.6 is 0 Å². The number of fused-ring (bicyclic) bond motifs is 1. The minimum absolute atomic E-state index is 0.195. The molecule has 1 aromatic rings. The number of aliphatic carboxylic acids is 2. The van der Waals surface area contributed by atoms with Gasteiger partial charge in [0.05, 0.1) is 25.0 Å². The Labute approximate surface area is 209 Å². The molecule has 2 atom stereocenters. The van der Waals surface area contributed by atoms with E-state index in [1.54, 1.807) is 0 Å². The number of aromatic nitrogens is 1. The van der Waals surface area contributed by atoms with Crippen molar-refractivity contribution in [2.75, 3.05) is 26.3 Å². The van der Waals surface area contributed by atoms with Gasteiger partial charge in [-0.05, 0) is 44.2 Å². The molecule has 3 heterocycles. The predicted octanol–water partition coefficient (Wildman–Crippen LogP) is 4.29. The molecule has 0 spiro atoms. The second-order valence-corrected chi connectivity index (χ2v) is 9.09. The van der Waals surface area contributed by atoms with Crippen molar-refractivity contribution < 1.29 is 55.6 Å². The average molecular weight is 544 g/mol. The van der Waals surface area contributed by atoms with Crippen molar-refractivity contribution in [2.24, 2.45) is 5.41 Å². The van der Waals surface area contributed by atoms with Crippen LogP contribution in [0.25, 0.3) is 0 Å². The van der Waals surface area contributed by atoms with Crippen molar-refractivity contribution in [1.29, 1.82) is 0 Å². The lowest BCUT2D eigenvalue weighted by atomic mass is 9.72. The molecule has 1 aromatic heterocycles. The molecule has 14 heteroatoms. The maximum Gasteiger partial charge on any atom is 0.490 e. The van der Waals surface area contributed by atoms with Gasteiger partial charge in [-0.15, -0.1) is 0 Å². The zero-order valence-corrected chi connectivity index (χ0v) is 19.9. The summed E-state index contributed by atoms with van der Waals surface area (Å²) < 4.78 is 75.7. The molecular formula is C23H30F6N2O6.